The number of aryl methyl sites for hydroxylation is 2. The van der Waals surface area contributed by atoms with Crippen LogP contribution in [0.3, 0.4) is 0 Å². The number of urea groups is 2. The van der Waals surface area contributed by atoms with Gasteiger partial charge in [0, 0.05) is 17.9 Å². The molecule has 8 rings (SSSR count). The minimum Gasteiger partial charge on any atom is -0.388 e. The van der Waals surface area contributed by atoms with Gasteiger partial charge >= 0.3 is 12.1 Å². The molecule has 0 fully saturated rings. The lowest BCUT2D eigenvalue weighted by Gasteiger charge is -2.24. The number of fused-ring (bicyclic) bond motifs is 4. The van der Waals surface area contributed by atoms with Crippen LogP contribution in [0, 0.1) is 5.92 Å². The number of nitrogens with two attached hydrogens (primary N) is 2. The van der Waals surface area contributed by atoms with Crippen LogP contribution in [0.25, 0.3) is 0 Å². The Morgan fingerprint density at radius 1 is 0.918 bits per heavy atom. The van der Waals surface area contributed by atoms with Crippen LogP contribution in [-0.4, -0.2) is 60.6 Å². The summed E-state index contributed by atoms with van der Waals surface area (Å²) in [6, 6.07) is 8.67. The van der Waals surface area contributed by atoms with Crippen molar-refractivity contribution < 1.29 is 37.0 Å². The fraction of sp³-hybridized carbons (Fsp3) is 0.452. The Labute approximate surface area is 358 Å². The van der Waals surface area contributed by atoms with Crippen molar-refractivity contribution in [3.63, 3.8) is 0 Å². The highest BCUT2D eigenvalue weighted by molar-refractivity contribution is 7.93. The molecule has 0 saturated heterocycles. The number of carbonyl (C=O) groups is 2. The number of nitrogens with zero attached hydrogens (tertiary/aromatic N) is 4. The summed E-state index contributed by atoms with van der Waals surface area (Å²) in [5, 5.41) is 40.6. The molecular formula is C42H50F2N8O6S3. The molecular weight excluding hydrogens is 847 g/mol. The normalized spacial score (nSPS) is 20.6. The van der Waals surface area contributed by atoms with Gasteiger partial charge in [0.1, 0.15) is 24.7 Å². The lowest BCUT2D eigenvalue weighted by atomic mass is 9.90. The predicted octanol–water partition coefficient (Wildman–Crippen LogP) is 6.68. The quantitative estimate of drug-likeness (QED) is 0.0951. The van der Waals surface area contributed by atoms with Crippen LogP contribution >= 0.6 is 11.3 Å². The van der Waals surface area contributed by atoms with Gasteiger partial charge in [-0.2, -0.15) is 0 Å². The van der Waals surface area contributed by atoms with Gasteiger partial charge in [-0.25, -0.2) is 42.0 Å². The van der Waals surface area contributed by atoms with E-state index < -0.39 is 56.6 Å². The fourth-order valence-electron chi connectivity index (χ4n) is 9.50. The smallest absolute Gasteiger partial charge is 0.354 e. The molecule has 3 aromatic carbocycles. The van der Waals surface area contributed by atoms with E-state index in [0.717, 1.165) is 94.4 Å². The molecule has 4 aliphatic rings. The highest BCUT2D eigenvalue weighted by Gasteiger charge is 2.37. The summed E-state index contributed by atoms with van der Waals surface area (Å²) in [7, 11) is -5.82. The fourth-order valence-corrected chi connectivity index (χ4v) is 12.5. The highest BCUT2D eigenvalue weighted by atomic mass is 32.2. The molecule has 0 spiro atoms. The number of anilines is 2. The van der Waals surface area contributed by atoms with Gasteiger partial charge < -0.3 is 20.8 Å². The Morgan fingerprint density at radius 3 is 2.20 bits per heavy atom. The van der Waals surface area contributed by atoms with Crippen LogP contribution in [-0.2, 0) is 76.9 Å². The summed E-state index contributed by atoms with van der Waals surface area (Å²) < 4.78 is 60.5. The summed E-state index contributed by atoms with van der Waals surface area (Å²) in [4.78, 5) is 32.6. The number of hydrogen-bond acceptors (Lipinski definition) is 9. The van der Waals surface area contributed by atoms with Crippen LogP contribution in [0.2, 0.25) is 0 Å². The first kappa shape index (κ1) is 43.4. The zero-order valence-electron chi connectivity index (χ0n) is 33.9. The van der Waals surface area contributed by atoms with Gasteiger partial charge in [0.2, 0.25) is 0 Å². The maximum atomic E-state index is 13.7. The molecule has 1 aromatic heterocycles. The van der Waals surface area contributed by atoms with E-state index >= 15 is 0 Å². The van der Waals surface area contributed by atoms with E-state index in [1.54, 1.807) is 26.1 Å². The van der Waals surface area contributed by atoms with Crippen molar-refractivity contribution in [1.29, 1.82) is 0 Å². The van der Waals surface area contributed by atoms with Crippen molar-refractivity contribution in [3.05, 3.63) is 97.7 Å². The van der Waals surface area contributed by atoms with E-state index in [2.05, 4.69) is 30.4 Å². The molecule has 1 heterocycles. The summed E-state index contributed by atoms with van der Waals surface area (Å²) in [5.41, 5.74) is 8.28. The van der Waals surface area contributed by atoms with E-state index in [-0.39, 0.29) is 33.0 Å². The van der Waals surface area contributed by atoms with Crippen LogP contribution in [0.5, 0.6) is 0 Å². The van der Waals surface area contributed by atoms with Gasteiger partial charge in [0.15, 0.2) is 9.92 Å². The highest BCUT2D eigenvalue weighted by Crippen LogP contribution is 2.45. The SMILES string of the molecule is CN(Cc1ccc(S(N)(=O)=NC(=O)Nc2c3c(cc4c2CC(CC(C)(O)c2ncc(S(N)(=O)=NC(=O)Nc5c6c(cc7c5CCC7O)CCC6)s2)C4)CCC3)cc1)CC(F)F. The van der Waals surface area contributed by atoms with Gasteiger partial charge in [-0.15, -0.1) is 20.1 Å². The Bertz CT molecular complexity index is 2670. The lowest BCUT2D eigenvalue weighted by molar-refractivity contribution is 0.0310. The molecule has 14 nitrogen and oxygen atoms in total. The largest absolute Gasteiger partial charge is 0.388 e. The van der Waals surface area contributed by atoms with E-state index in [1.165, 1.54) is 23.2 Å². The second-order valence-electron chi connectivity index (χ2n) is 16.9. The number of aromatic nitrogens is 1. The minimum absolute atomic E-state index is 0.0432. The Morgan fingerprint density at radius 2 is 1.54 bits per heavy atom. The number of thiazole rings is 1. The Balaban J connectivity index is 0.955. The first-order chi connectivity index (χ1) is 28.9. The second-order valence-corrected chi connectivity index (χ2v) is 21.7. The molecule has 0 saturated carbocycles. The molecule has 0 bridgehead atoms. The topological polar surface area (TPSA) is 226 Å². The Kier molecular flexibility index (Phi) is 12.0. The van der Waals surface area contributed by atoms with Crippen LogP contribution in [0.4, 0.5) is 29.7 Å². The van der Waals surface area contributed by atoms with E-state index in [1.807, 2.05) is 6.07 Å². The molecule has 5 unspecified atom stereocenters. The van der Waals surface area contributed by atoms with Gasteiger partial charge in [-0.05, 0) is 153 Å². The third-order valence-electron chi connectivity index (χ3n) is 12.2. The van der Waals surface area contributed by atoms with Gasteiger partial charge in [-0.1, -0.05) is 24.3 Å². The molecule has 19 heteroatoms. The molecule has 4 aromatic rings. The molecule has 0 aliphatic heterocycles. The van der Waals surface area contributed by atoms with E-state index in [4.69, 9.17) is 10.3 Å². The molecule has 4 aliphatic carbocycles. The number of amides is 4. The number of aliphatic hydroxyl groups is 2. The summed E-state index contributed by atoms with van der Waals surface area (Å²) in [6.07, 6.45) is 5.81. The number of benzene rings is 3. The third-order valence-corrected chi connectivity index (χ3v) is 16.7. The summed E-state index contributed by atoms with van der Waals surface area (Å²) in [5.74, 6) is -0.0741. The lowest BCUT2D eigenvalue weighted by Crippen LogP contribution is -2.25. The maximum Gasteiger partial charge on any atom is 0.354 e. The number of alkyl halides is 2. The molecule has 0 radical (unpaired) electrons. The average Bonchev–Trinajstić information content (AvgIpc) is 4.02. The molecule has 61 heavy (non-hydrogen) atoms. The minimum atomic E-state index is -3.74. The molecule has 5 atom stereocenters. The van der Waals surface area contributed by atoms with E-state index in [9.17, 15) is 37.0 Å². The van der Waals surface area contributed by atoms with Crippen molar-refractivity contribution in [3.8, 4) is 0 Å². The number of hydrogen-bond donors (Lipinski definition) is 6. The molecule has 8 N–H and O–H groups in total. The van der Waals surface area contributed by atoms with E-state index in [0.29, 0.717) is 42.6 Å². The molecule has 326 valence electrons. The first-order valence-corrected chi connectivity index (χ1v) is 24.3. The van der Waals surface area contributed by atoms with Crippen molar-refractivity contribution in [1.82, 2.24) is 9.88 Å². The van der Waals surface area contributed by atoms with Crippen molar-refractivity contribution >= 4 is 54.6 Å². The third kappa shape index (κ3) is 9.15. The van der Waals surface area contributed by atoms with Crippen molar-refractivity contribution in [2.24, 2.45) is 24.9 Å². The van der Waals surface area contributed by atoms with Gasteiger partial charge in [0.05, 0.1) is 23.7 Å². The predicted molar refractivity (Wildman–Crippen MR) is 230 cm³/mol. The average molecular weight is 897 g/mol. The van der Waals surface area contributed by atoms with Crippen LogP contribution < -0.4 is 20.9 Å². The maximum absolute atomic E-state index is 13.7. The summed E-state index contributed by atoms with van der Waals surface area (Å²) in [6.45, 7) is 1.48. The first-order valence-electron chi connectivity index (χ1n) is 20.3. The number of halogens is 2. The standard InChI is InChI=1S/C42H50F2N8O6S3/c1-42(56,39-47-20-36(59-39)61(46,58)51-41(55)48-37-30-8-4-6-26(30)18-33-31(37)13-14-34(33)53)19-24-15-27-17-25-5-3-7-29(25)38(32(27)16-24)49-40(54)50-60(45,57)28-11-9-23(10-12-28)21-52(2)22-35(43)44/h9-12,17-18,20,24,34-35,53,56H,3-8,13-16,19,21-22H2,1-2H3,(H3,45,49,50,54,57)(H3,46,48,51,55,58). The zero-order valence-corrected chi connectivity index (χ0v) is 36.4. The summed E-state index contributed by atoms with van der Waals surface area (Å²) >= 11 is 0.934. The van der Waals surface area contributed by atoms with Crippen LogP contribution in [0.1, 0.15) is 93.8 Å². The second kappa shape index (κ2) is 16.8. The van der Waals surface area contributed by atoms with Crippen molar-refractivity contribution in [2.45, 2.75) is 111 Å². The van der Waals surface area contributed by atoms with Gasteiger partial charge in [-0.3, -0.25) is 4.90 Å². The van der Waals surface area contributed by atoms with Crippen molar-refractivity contribution in [2.75, 3.05) is 24.2 Å². The zero-order chi connectivity index (χ0) is 43.4. The Hall–Kier alpha value is -4.21. The molecule has 4 amide bonds. The monoisotopic (exact) mass is 896 g/mol. The van der Waals surface area contributed by atoms with Gasteiger partial charge in [0.25, 0.3) is 6.43 Å². The number of aliphatic hydroxyl groups excluding tert-OH is 1. The number of rotatable bonds is 11. The number of carbonyl (C=O) groups excluding carboxylic acids is 2. The number of nitrogens with one attached hydrogen (secondary N) is 2. The van der Waals surface area contributed by atoms with Crippen LogP contribution in [0.15, 0.2) is 60.4 Å².